The Morgan fingerprint density at radius 1 is 1.47 bits per heavy atom. The van der Waals surface area contributed by atoms with Crippen molar-refractivity contribution in [2.45, 2.75) is 19.8 Å². The van der Waals surface area contributed by atoms with E-state index in [-0.39, 0.29) is 5.91 Å². The highest BCUT2D eigenvalue weighted by Crippen LogP contribution is 2.15. The van der Waals surface area contributed by atoms with Gasteiger partial charge in [-0.1, -0.05) is 17.7 Å². The van der Waals surface area contributed by atoms with Crippen LogP contribution in [0.15, 0.2) is 30.6 Å². The first-order valence-electron chi connectivity index (χ1n) is 6.06. The Morgan fingerprint density at radius 2 is 2.32 bits per heavy atom. The highest BCUT2D eigenvalue weighted by Gasteiger charge is 2.06. The van der Waals surface area contributed by atoms with Crippen LogP contribution in [0.25, 0.3) is 5.69 Å². The molecule has 0 aliphatic carbocycles. The zero-order chi connectivity index (χ0) is 13.7. The number of hydrogen-bond donors (Lipinski definition) is 1. The van der Waals surface area contributed by atoms with Gasteiger partial charge in [-0.05, 0) is 24.6 Å². The Kier molecular flexibility index (Phi) is 4.52. The number of aryl methyl sites for hydroxylation is 1. The van der Waals surface area contributed by atoms with Crippen molar-refractivity contribution in [3.05, 3.63) is 41.4 Å². The van der Waals surface area contributed by atoms with E-state index in [0.29, 0.717) is 11.6 Å². The zero-order valence-electron chi connectivity index (χ0n) is 10.6. The monoisotopic (exact) mass is 278 g/mol. The van der Waals surface area contributed by atoms with Gasteiger partial charge in [0.2, 0.25) is 5.91 Å². The lowest BCUT2D eigenvalue weighted by molar-refractivity contribution is -0.118. The first-order chi connectivity index (χ1) is 9.16. The van der Waals surface area contributed by atoms with Gasteiger partial charge in [0.1, 0.15) is 12.2 Å². The molecule has 0 saturated heterocycles. The molecular weight excluding hydrogens is 264 g/mol. The number of aromatic nitrogens is 3. The summed E-state index contributed by atoms with van der Waals surface area (Å²) in [6.07, 6.45) is 3.08. The molecule has 1 N–H and O–H groups in total. The normalized spacial score (nSPS) is 10.4. The molecule has 0 fully saturated rings. The van der Waals surface area contributed by atoms with Crippen molar-refractivity contribution in [3.8, 4) is 5.69 Å². The van der Waals surface area contributed by atoms with Gasteiger partial charge in [-0.3, -0.25) is 4.79 Å². The molecule has 0 unspecified atom stereocenters. The van der Waals surface area contributed by atoms with Gasteiger partial charge in [0.15, 0.2) is 0 Å². The van der Waals surface area contributed by atoms with Crippen LogP contribution in [0.1, 0.15) is 19.2 Å². The van der Waals surface area contributed by atoms with E-state index in [9.17, 15) is 4.79 Å². The first kappa shape index (κ1) is 13.5. The summed E-state index contributed by atoms with van der Waals surface area (Å²) in [5.74, 6) is 0.837. The molecule has 5 nitrogen and oxygen atoms in total. The van der Waals surface area contributed by atoms with Crippen LogP contribution in [0.5, 0.6) is 0 Å². The van der Waals surface area contributed by atoms with Crippen molar-refractivity contribution in [3.63, 3.8) is 0 Å². The van der Waals surface area contributed by atoms with Crippen molar-refractivity contribution < 1.29 is 4.79 Å². The molecule has 0 radical (unpaired) electrons. The fourth-order valence-corrected chi connectivity index (χ4v) is 1.95. The Balaban J connectivity index is 2.03. The minimum Gasteiger partial charge on any atom is -0.356 e. The summed E-state index contributed by atoms with van der Waals surface area (Å²) < 4.78 is 1.76. The summed E-state index contributed by atoms with van der Waals surface area (Å²) in [6, 6.07) is 7.46. The predicted octanol–water partition coefficient (Wildman–Crippen LogP) is 1.99. The molecule has 1 heterocycles. The summed E-state index contributed by atoms with van der Waals surface area (Å²) in [6.45, 7) is 2.15. The van der Waals surface area contributed by atoms with Crippen LogP contribution in [-0.4, -0.2) is 27.2 Å². The van der Waals surface area contributed by atoms with Crippen molar-refractivity contribution in [2.24, 2.45) is 0 Å². The van der Waals surface area contributed by atoms with E-state index in [1.165, 1.54) is 13.3 Å². The summed E-state index contributed by atoms with van der Waals surface area (Å²) in [5.41, 5.74) is 0.888. The van der Waals surface area contributed by atoms with Crippen LogP contribution in [0.3, 0.4) is 0 Å². The lowest BCUT2D eigenvalue weighted by Gasteiger charge is -2.06. The van der Waals surface area contributed by atoms with Crippen molar-refractivity contribution in [1.29, 1.82) is 0 Å². The van der Waals surface area contributed by atoms with Gasteiger partial charge in [-0.2, -0.15) is 5.10 Å². The van der Waals surface area contributed by atoms with Crippen LogP contribution >= 0.6 is 11.6 Å². The van der Waals surface area contributed by atoms with Gasteiger partial charge in [0, 0.05) is 24.9 Å². The Bertz CT molecular complexity index is 567. The Morgan fingerprint density at radius 3 is 3.05 bits per heavy atom. The van der Waals surface area contributed by atoms with E-state index in [1.807, 2.05) is 24.3 Å². The molecule has 0 saturated carbocycles. The molecule has 6 heteroatoms. The minimum absolute atomic E-state index is 0.0173. The maximum atomic E-state index is 10.8. The van der Waals surface area contributed by atoms with Crippen molar-refractivity contribution in [1.82, 2.24) is 20.1 Å². The third kappa shape index (κ3) is 3.79. The molecule has 0 bridgehead atoms. The van der Waals surface area contributed by atoms with E-state index >= 15 is 0 Å². The number of amides is 1. The van der Waals surface area contributed by atoms with Crippen LogP contribution in [0.4, 0.5) is 0 Å². The van der Waals surface area contributed by atoms with Gasteiger partial charge in [0.05, 0.1) is 5.69 Å². The number of nitrogens with one attached hydrogen (secondary N) is 1. The number of halogens is 1. The third-order valence-corrected chi connectivity index (χ3v) is 2.86. The first-order valence-corrected chi connectivity index (χ1v) is 6.44. The summed E-state index contributed by atoms with van der Waals surface area (Å²) in [7, 11) is 0. The average Bonchev–Trinajstić information content (AvgIpc) is 2.83. The largest absolute Gasteiger partial charge is 0.356 e. The molecule has 0 aliphatic heterocycles. The van der Waals surface area contributed by atoms with Gasteiger partial charge in [-0.25, -0.2) is 9.67 Å². The number of carbonyl (C=O) groups is 1. The van der Waals surface area contributed by atoms with Gasteiger partial charge < -0.3 is 5.32 Å². The van der Waals surface area contributed by atoms with E-state index in [2.05, 4.69) is 15.4 Å². The van der Waals surface area contributed by atoms with Crippen molar-refractivity contribution >= 4 is 17.5 Å². The smallest absolute Gasteiger partial charge is 0.216 e. The van der Waals surface area contributed by atoms with Gasteiger partial charge in [0.25, 0.3) is 0 Å². The second-order valence-electron chi connectivity index (χ2n) is 4.15. The molecule has 2 aromatic rings. The maximum absolute atomic E-state index is 10.8. The second kappa shape index (κ2) is 6.33. The Labute approximate surface area is 116 Å². The molecule has 19 heavy (non-hydrogen) atoms. The standard InChI is InChI=1S/C13H15ClN4O/c1-10(19)15-7-3-6-13-16-9-17-18(13)12-5-2-4-11(14)8-12/h2,4-5,8-9H,3,6-7H2,1H3,(H,15,19). The molecule has 1 amide bonds. The summed E-state index contributed by atoms with van der Waals surface area (Å²) >= 11 is 5.97. The average molecular weight is 279 g/mol. The van der Waals surface area contributed by atoms with Crippen LogP contribution in [0.2, 0.25) is 5.02 Å². The molecule has 0 spiro atoms. The van der Waals surface area contributed by atoms with Crippen LogP contribution in [0, 0.1) is 0 Å². The highest BCUT2D eigenvalue weighted by molar-refractivity contribution is 6.30. The molecule has 100 valence electrons. The van der Waals surface area contributed by atoms with Crippen LogP contribution in [-0.2, 0) is 11.2 Å². The lowest BCUT2D eigenvalue weighted by Crippen LogP contribution is -2.21. The van der Waals surface area contributed by atoms with E-state index < -0.39 is 0 Å². The van der Waals surface area contributed by atoms with Gasteiger partial charge in [-0.15, -0.1) is 0 Å². The third-order valence-electron chi connectivity index (χ3n) is 2.62. The maximum Gasteiger partial charge on any atom is 0.216 e. The number of hydrogen-bond acceptors (Lipinski definition) is 3. The molecule has 0 atom stereocenters. The fraction of sp³-hybridized carbons (Fsp3) is 0.308. The molecule has 2 rings (SSSR count). The van der Waals surface area contributed by atoms with Gasteiger partial charge >= 0.3 is 0 Å². The minimum atomic E-state index is -0.0173. The molecule has 0 aliphatic rings. The molecule has 1 aromatic heterocycles. The Hall–Kier alpha value is -1.88. The number of nitrogens with zero attached hydrogens (tertiary/aromatic N) is 3. The second-order valence-corrected chi connectivity index (χ2v) is 4.59. The quantitative estimate of drug-likeness (QED) is 0.851. The lowest BCUT2D eigenvalue weighted by atomic mass is 10.2. The summed E-state index contributed by atoms with van der Waals surface area (Å²) in [4.78, 5) is 15.0. The van der Waals surface area contributed by atoms with E-state index in [4.69, 9.17) is 11.6 Å². The number of rotatable bonds is 5. The van der Waals surface area contributed by atoms with Crippen LogP contribution < -0.4 is 5.32 Å². The summed E-state index contributed by atoms with van der Waals surface area (Å²) in [5, 5.41) is 7.62. The fourth-order valence-electron chi connectivity index (χ4n) is 1.77. The predicted molar refractivity (Wildman–Crippen MR) is 73.4 cm³/mol. The highest BCUT2D eigenvalue weighted by atomic mass is 35.5. The topological polar surface area (TPSA) is 59.8 Å². The number of carbonyl (C=O) groups excluding carboxylic acids is 1. The van der Waals surface area contributed by atoms with Crippen molar-refractivity contribution in [2.75, 3.05) is 6.54 Å². The molecule has 1 aromatic carbocycles. The van der Waals surface area contributed by atoms with E-state index in [0.717, 1.165) is 24.4 Å². The molecular formula is C13H15ClN4O. The number of benzene rings is 1. The van der Waals surface area contributed by atoms with E-state index in [1.54, 1.807) is 4.68 Å². The SMILES string of the molecule is CC(=O)NCCCc1ncnn1-c1cccc(Cl)c1. The zero-order valence-corrected chi connectivity index (χ0v) is 11.4.